The second kappa shape index (κ2) is 6.09. The highest BCUT2D eigenvalue weighted by atomic mass is 79.9. The summed E-state index contributed by atoms with van der Waals surface area (Å²) in [5.41, 5.74) is 2.07. The molecule has 0 unspecified atom stereocenters. The number of nitrogens with zero attached hydrogens (tertiary/aromatic N) is 2. The number of aliphatic hydroxyl groups is 1. The van der Waals surface area contributed by atoms with E-state index in [9.17, 15) is 5.11 Å². The Morgan fingerprint density at radius 1 is 1.29 bits per heavy atom. The van der Waals surface area contributed by atoms with Gasteiger partial charge in [-0.2, -0.15) is 0 Å². The van der Waals surface area contributed by atoms with Gasteiger partial charge in [-0.3, -0.25) is 0 Å². The Morgan fingerprint density at radius 3 is 2.76 bits per heavy atom. The molecule has 0 fully saturated rings. The number of anilines is 1. The maximum absolute atomic E-state index is 9.39. The van der Waals surface area contributed by atoms with Crippen molar-refractivity contribution in [3.05, 3.63) is 41.1 Å². The van der Waals surface area contributed by atoms with Crippen LogP contribution in [0.2, 0.25) is 0 Å². The molecule has 0 aliphatic carbocycles. The molecule has 0 amide bonds. The summed E-state index contributed by atoms with van der Waals surface area (Å²) in [4.78, 5) is 9.74. The van der Waals surface area contributed by atoms with E-state index >= 15 is 0 Å². The Balaban J connectivity index is 1.99. The summed E-state index contributed by atoms with van der Waals surface area (Å²) >= 11 is 5.10. The quantitative estimate of drug-likeness (QED) is 0.737. The van der Waals surface area contributed by atoms with Crippen LogP contribution in [0.25, 0.3) is 20.7 Å². The zero-order chi connectivity index (χ0) is 14.8. The molecule has 3 rings (SSSR count). The van der Waals surface area contributed by atoms with E-state index in [1.165, 1.54) is 0 Å². The van der Waals surface area contributed by atoms with E-state index in [-0.39, 0.29) is 0 Å². The monoisotopic (exact) mass is 363 g/mol. The molecule has 3 aromatic rings. The molecule has 0 radical (unpaired) electrons. The van der Waals surface area contributed by atoms with Crippen LogP contribution < -0.4 is 5.32 Å². The summed E-state index contributed by atoms with van der Waals surface area (Å²) in [6, 6.07) is 10.3. The minimum Gasteiger partial charge on any atom is -0.392 e. The lowest BCUT2D eigenvalue weighted by atomic mass is 10.2. The van der Waals surface area contributed by atoms with E-state index in [0.717, 1.165) is 30.9 Å². The second-order valence-electron chi connectivity index (χ2n) is 4.78. The molecule has 0 bridgehead atoms. The van der Waals surface area contributed by atoms with Gasteiger partial charge in [0.2, 0.25) is 0 Å². The summed E-state index contributed by atoms with van der Waals surface area (Å²) in [5, 5.41) is 12.6. The second-order valence-corrected chi connectivity index (χ2v) is 6.75. The predicted octanol–water partition coefficient (Wildman–Crippen LogP) is 3.91. The number of nitrogens with one attached hydrogen (secondary N) is 1. The highest BCUT2D eigenvalue weighted by Gasteiger charge is 2.10. The van der Waals surface area contributed by atoms with Gasteiger partial charge in [0.15, 0.2) is 0 Å². The summed E-state index contributed by atoms with van der Waals surface area (Å²) in [6.07, 6.45) is 1.13. The van der Waals surface area contributed by atoms with E-state index in [4.69, 9.17) is 0 Å². The third-order valence-corrected chi connectivity index (χ3v) is 4.71. The predicted molar refractivity (Wildman–Crippen MR) is 90.7 cm³/mol. The van der Waals surface area contributed by atoms with Crippen molar-refractivity contribution in [3.63, 3.8) is 0 Å². The fourth-order valence-electron chi connectivity index (χ4n) is 1.98. The van der Waals surface area contributed by atoms with Gasteiger partial charge < -0.3 is 10.4 Å². The number of aliphatic hydroxyl groups excluding tert-OH is 1. The van der Waals surface area contributed by atoms with Crippen LogP contribution in [0.5, 0.6) is 0 Å². The van der Waals surface area contributed by atoms with Crippen molar-refractivity contribution in [1.29, 1.82) is 0 Å². The van der Waals surface area contributed by atoms with E-state index in [2.05, 4.69) is 49.4 Å². The lowest BCUT2D eigenvalue weighted by Gasteiger charge is -2.07. The highest BCUT2D eigenvalue weighted by molar-refractivity contribution is 9.10. The largest absolute Gasteiger partial charge is 0.392 e. The minimum absolute atomic E-state index is 0.416. The van der Waals surface area contributed by atoms with E-state index in [1.54, 1.807) is 24.6 Å². The van der Waals surface area contributed by atoms with Crippen molar-refractivity contribution in [1.82, 2.24) is 9.97 Å². The van der Waals surface area contributed by atoms with Crippen LogP contribution in [0.1, 0.15) is 6.92 Å². The SMILES string of the molecule is C[C@@H](O)CNc1ncnc2cc(-c3ccc(Br)cc3)sc12. The van der Waals surface area contributed by atoms with Gasteiger partial charge in [-0.1, -0.05) is 28.1 Å². The van der Waals surface area contributed by atoms with Crippen molar-refractivity contribution in [2.45, 2.75) is 13.0 Å². The smallest absolute Gasteiger partial charge is 0.147 e. The lowest BCUT2D eigenvalue weighted by molar-refractivity contribution is 0.208. The Hall–Kier alpha value is -1.50. The number of hydrogen-bond acceptors (Lipinski definition) is 5. The molecule has 21 heavy (non-hydrogen) atoms. The fourth-order valence-corrected chi connectivity index (χ4v) is 3.33. The van der Waals surface area contributed by atoms with Crippen molar-refractivity contribution in [2.24, 2.45) is 0 Å². The molecule has 2 N–H and O–H groups in total. The van der Waals surface area contributed by atoms with E-state index < -0.39 is 6.10 Å². The van der Waals surface area contributed by atoms with Crippen LogP contribution in [-0.2, 0) is 0 Å². The minimum atomic E-state index is -0.416. The number of benzene rings is 1. The van der Waals surface area contributed by atoms with Gasteiger partial charge in [0.05, 0.1) is 16.3 Å². The fraction of sp³-hybridized carbons (Fsp3) is 0.200. The van der Waals surface area contributed by atoms with Crippen LogP contribution in [0.15, 0.2) is 41.1 Å². The molecule has 2 heterocycles. The van der Waals surface area contributed by atoms with Gasteiger partial charge in [-0.25, -0.2) is 9.97 Å². The normalized spacial score (nSPS) is 12.5. The van der Waals surface area contributed by atoms with Crippen LogP contribution in [0, 0.1) is 0 Å². The first-order chi connectivity index (χ1) is 10.1. The van der Waals surface area contributed by atoms with Crippen LogP contribution in [-0.4, -0.2) is 27.7 Å². The van der Waals surface area contributed by atoms with Crippen LogP contribution >= 0.6 is 27.3 Å². The van der Waals surface area contributed by atoms with Crippen molar-refractivity contribution >= 4 is 43.3 Å². The Labute approximate surface area is 135 Å². The highest BCUT2D eigenvalue weighted by Crippen LogP contribution is 2.35. The standard InChI is InChI=1S/C15H14BrN3OS/c1-9(20)7-17-15-14-12(18-8-19-15)6-13(21-14)10-2-4-11(16)5-3-10/h2-6,8-9,20H,7H2,1H3,(H,17,18,19)/t9-/m1/s1. The Kier molecular flexibility index (Phi) is 4.19. The van der Waals surface area contributed by atoms with Gasteiger partial charge in [-0.15, -0.1) is 11.3 Å². The summed E-state index contributed by atoms with van der Waals surface area (Å²) < 4.78 is 2.07. The molecule has 0 aliphatic heterocycles. The number of thiophene rings is 1. The number of fused-ring (bicyclic) bond motifs is 1. The van der Waals surface area contributed by atoms with Crippen LogP contribution in [0.3, 0.4) is 0 Å². The number of aromatic nitrogens is 2. The van der Waals surface area contributed by atoms with E-state index in [1.807, 2.05) is 12.1 Å². The molecule has 108 valence electrons. The zero-order valence-electron chi connectivity index (χ0n) is 11.4. The molecule has 0 spiro atoms. The maximum Gasteiger partial charge on any atom is 0.147 e. The summed E-state index contributed by atoms with van der Waals surface area (Å²) in [6.45, 7) is 2.21. The van der Waals surface area contributed by atoms with E-state index in [0.29, 0.717) is 6.54 Å². The number of halogens is 1. The molecule has 4 nitrogen and oxygen atoms in total. The molecule has 1 atom stereocenters. The third-order valence-electron chi connectivity index (χ3n) is 3.00. The third kappa shape index (κ3) is 3.23. The molecule has 0 aliphatic rings. The molecule has 6 heteroatoms. The topological polar surface area (TPSA) is 58.0 Å². The van der Waals surface area contributed by atoms with Gasteiger partial charge in [0.1, 0.15) is 12.1 Å². The molecule has 0 saturated carbocycles. The molecule has 2 aromatic heterocycles. The van der Waals surface area contributed by atoms with Gasteiger partial charge >= 0.3 is 0 Å². The van der Waals surface area contributed by atoms with Crippen LogP contribution in [0.4, 0.5) is 5.82 Å². The number of rotatable bonds is 4. The molecular formula is C15H14BrN3OS. The van der Waals surface area contributed by atoms with Crippen molar-refractivity contribution in [3.8, 4) is 10.4 Å². The molecular weight excluding hydrogens is 350 g/mol. The average molecular weight is 364 g/mol. The maximum atomic E-state index is 9.39. The number of hydrogen-bond donors (Lipinski definition) is 2. The summed E-state index contributed by atoms with van der Waals surface area (Å²) in [5.74, 6) is 0.772. The first kappa shape index (κ1) is 14.4. The first-order valence-electron chi connectivity index (χ1n) is 6.56. The van der Waals surface area contributed by atoms with Crippen molar-refractivity contribution < 1.29 is 5.11 Å². The average Bonchev–Trinajstić information content (AvgIpc) is 2.90. The Morgan fingerprint density at radius 2 is 2.05 bits per heavy atom. The lowest BCUT2D eigenvalue weighted by Crippen LogP contribution is -2.16. The molecule has 1 aromatic carbocycles. The molecule has 0 saturated heterocycles. The van der Waals surface area contributed by atoms with Crippen molar-refractivity contribution in [2.75, 3.05) is 11.9 Å². The zero-order valence-corrected chi connectivity index (χ0v) is 13.8. The van der Waals surface area contributed by atoms with Gasteiger partial charge in [0.25, 0.3) is 0 Å². The van der Waals surface area contributed by atoms with Gasteiger partial charge in [0, 0.05) is 15.9 Å². The summed E-state index contributed by atoms with van der Waals surface area (Å²) in [7, 11) is 0. The first-order valence-corrected chi connectivity index (χ1v) is 8.17. The van der Waals surface area contributed by atoms with Gasteiger partial charge in [-0.05, 0) is 30.7 Å². The Bertz CT molecular complexity index is 755.